The molecule has 0 aliphatic rings. The van der Waals surface area contributed by atoms with Crippen LogP contribution in [0.1, 0.15) is 37.6 Å². The van der Waals surface area contributed by atoms with E-state index < -0.39 is 0 Å². The third-order valence-corrected chi connectivity index (χ3v) is 3.94. The van der Waals surface area contributed by atoms with Crippen LogP contribution in [0.2, 0.25) is 0 Å². The summed E-state index contributed by atoms with van der Waals surface area (Å²) in [5.74, 6) is 2.28. The number of pyridine rings is 1. The molecule has 0 aliphatic heterocycles. The normalized spacial score (nSPS) is 11.3. The molecule has 3 rings (SSSR count). The molecule has 0 fully saturated rings. The van der Waals surface area contributed by atoms with Crippen molar-refractivity contribution in [2.75, 3.05) is 12.3 Å². The lowest BCUT2D eigenvalue weighted by Crippen LogP contribution is -2.09. The van der Waals surface area contributed by atoms with E-state index in [9.17, 15) is 0 Å². The fraction of sp³-hybridized carbons (Fsp3) is 0.368. The summed E-state index contributed by atoms with van der Waals surface area (Å²) >= 11 is 0. The molecule has 0 radical (unpaired) electrons. The van der Waals surface area contributed by atoms with Gasteiger partial charge in [0.1, 0.15) is 17.1 Å². The van der Waals surface area contributed by atoms with Crippen LogP contribution < -0.4 is 10.5 Å². The van der Waals surface area contributed by atoms with Gasteiger partial charge in [-0.3, -0.25) is 0 Å². The number of rotatable bonds is 6. The zero-order valence-electron chi connectivity index (χ0n) is 14.5. The lowest BCUT2D eigenvalue weighted by molar-refractivity contribution is 0.301. The monoisotopic (exact) mass is 324 g/mol. The van der Waals surface area contributed by atoms with Gasteiger partial charge in [0.25, 0.3) is 0 Å². The first-order chi connectivity index (χ1) is 11.5. The van der Waals surface area contributed by atoms with Gasteiger partial charge < -0.3 is 15.0 Å². The third-order valence-electron chi connectivity index (χ3n) is 3.94. The van der Waals surface area contributed by atoms with Crippen molar-refractivity contribution < 1.29 is 4.74 Å². The standard InChI is InChI=1S/C19H24N4O/c1-13(2)18-22-17-11-14(3)12-21-19(17)23(18)9-4-10-24-16-7-5-15(20)6-8-16/h5-8,11-13H,4,9-10,20H2,1-3H3. The summed E-state index contributed by atoms with van der Waals surface area (Å²) in [5, 5.41) is 0. The molecule has 0 spiro atoms. The molecule has 5 nitrogen and oxygen atoms in total. The lowest BCUT2D eigenvalue weighted by Gasteiger charge is -2.11. The third kappa shape index (κ3) is 3.50. The molecular weight excluding hydrogens is 300 g/mol. The van der Waals surface area contributed by atoms with Crippen LogP contribution in [-0.4, -0.2) is 21.1 Å². The Morgan fingerprint density at radius 2 is 1.96 bits per heavy atom. The second-order valence-electron chi connectivity index (χ2n) is 6.40. The maximum absolute atomic E-state index is 5.78. The van der Waals surface area contributed by atoms with E-state index in [1.54, 1.807) is 0 Å². The van der Waals surface area contributed by atoms with E-state index in [0.717, 1.165) is 47.0 Å². The zero-order chi connectivity index (χ0) is 17.1. The zero-order valence-corrected chi connectivity index (χ0v) is 14.5. The molecule has 2 N–H and O–H groups in total. The quantitative estimate of drug-likeness (QED) is 0.551. The Balaban J connectivity index is 1.70. The Labute approximate surface area is 142 Å². The van der Waals surface area contributed by atoms with Crippen LogP contribution in [0.3, 0.4) is 0 Å². The Morgan fingerprint density at radius 3 is 2.67 bits per heavy atom. The number of nitrogens with two attached hydrogens (primary N) is 1. The van der Waals surface area contributed by atoms with Crippen molar-refractivity contribution in [2.45, 2.75) is 39.7 Å². The molecule has 0 amide bonds. The summed E-state index contributed by atoms with van der Waals surface area (Å²) in [5.41, 5.74) is 9.49. The van der Waals surface area contributed by atoms with Crippen molar-refractivity contribution >= 4 is 16.9 Å². The van der Waals surface area contributed by atoms with E-state index in [2.05, 4.69) is 29.5 Å². The van der Waals surface area contributed by atoms with Crippen LogP contribution in [0.5, 0.6) is 5.75 Å². The van der Waals surface area contributed by atoms with Gasteiger partial charge in [-0.15, -0.1) is 0 Å². The highest BCUT2D eigenvalue weighted by Gasteiger charge is 2.14. The highest BCUT2D eigenvalue weighted by Crippen LogP contribution is 2.21. The number of hydrogen-bond donors (Lipinski definition) is 1. The summed E-state index contributed by atoms with van der Waals surface area (Å²) in [4.78, 5) is 9.34. The first-order valence-electron chi connectivity index (χ1n) is 8.35. The molecule has 0 unspecified atom stereocenters. The summed E-state index contributed by atoms with van der Waals surface area (Å²) in [6, 6.07) is 9.58. The molecule has 0 saturated heterocycles. The maximum atomic E-state index is 5.78. The molecule has 2 aromatic heterocycles. The number of aryl methyl sites for hydroxylation is 2. The Bertz CT molecular complexity index is 821. The Kier molecular flexibility index (Phi) is 4.69. The number of nitrogen functional groups attached to an aromatic ring is 1. The largest absolute Gasteiger partial charge is 0.494 e. The van der Waals surface area contributed by atoms with Gasteiger partial charge in [-0.25, -0.2) is 9.97 Å². The molecule has 0 bridgehead atoms. The number of benzene rings is 1. The number of ether oxygens (including phenoxy) is 1. The van der Waals surface area contributed by atoms with Crippen LogP contribution in [0.4, 0.5) is 5.69 Å². The van der Waals surface area contributed by atoms with E-state index >= 15 is 0 Å². The Hall–Kier alpha value is -2.56. The van der Waals surface area contributed by atoms with Gasteiger partial charge >= 0.3 is 0 Å². The molecule has 24 heavy (non-hydrogen) atoms. The van der Waals surface area contributed by atoms with Gasteiger partial charge in [-0.05, 0) is 49.2 Å². The fourth-order valence-electron chi connectivity index (χ4n) is 2.77. The highest BCUT2D eigenvalue weighted by molar-refractivity contribution is 5.72. The van der Waals surface area contributed by atoms with Crippen molar-refractivity contribution in [3.63, 3.8) is 0 Å². The average molecular weight is 324 g/mol. The van der Waals surface area contributed by atoms with Crippen LogP contribution >= 0.6 is 0 Å². The van der Waals surface area contributed by atoms with Gasteiger partial charge in [-0.1, -0.05) is 13.8 Å². The number of fused-ring (bicyclic) bond motifs is 1. The summed E-state index contributed by atoms with van der Waals surface area (Å²) < 4.78 is 8.00. The topological polar surface area (TPSA) is 66.0 Å². The summed E-state index contributed by atoms with van der Waals surface area (Å²) in [7, 11) is 0. The lowest BCUT2D eigenvalue weighted by atomic mass is 10.2. The average Bonchev–Trinajstić information content (AvgIpc) is 2.91. The smallest absolute Gasteiger partial charge is 0.160 e. The van der Waals surface area contributed by atoms with Crippen molar-refractivity contribution in [3.8, 4) is 5.75 Å². The molecule has 5 heteroatoms. The van der Waals surface area contributed by atoms with E-state index in [4.69, 9.17) is 15.5 Å². The van der Waals surface area contributed by atoms with Crippen molar-refractivity contribution in [3.05, 3.63) is 47.9 Å². The van der Waals surface area contributed by atoms with Crippen LogP contribution in [0.25, 0.3) is 11.2 Å². The van der Waals surface area contributed by atoms with Crippen LogP contribution in [-0.2, 0) is 6.54 Å². The fourth-order valence-corrected chi connectivity index (χ4v) is 2.77. The number of nitrogens with zero attached hydrogens (tertiary/aromatic N) is 3. The van der Waals surface area contributed by atoms with Crippen molar-refractivity contribution in [1.29, 1.82) is 0 Å². The summed E-state index contributed by atoms with van der Waals surface area (Å²) in [6.45, 7) is 7.86. The second-order valence-corrected chi connectivity index (χ2v) is 6.40. The van der Waals surface area contributed by atoms with Crippen molar-refractivity contribution in [2.24, 2.45) is 0 Å². The van der Waals surface area contributed by atoms with Gasteiger partial charge in [0.15, 0.2) is 5.65 Å². The molecule has 0 saturated carbocycles. The summed E-state index contributed by atoms with van der Waals surface area (Å²) in [6.07, 6.45) is 2.79. The molecule has 126 valence electrons. The SMILES string of the molecule is Cc1cnc2c(c1)nc(C(C)C)n2CCCOc1ccc(N)cc1. The van der Waals surface area contributed by atoms with Gasteiger partial charge in [0, 0.05) is 24.3 Å². The molecule has 0 atom stereocenters. The minimum atomic E-state index is 0.359. The number of hydrogen-bond acceptors (Lipinski definition) is 4. The number of aromatic nitrogens is 3. The molecule has 1 aromatic carbocycles. The van der Waals surface area contributed by atoms with Gasteiger partial charge in [0.2, 0.25) is 0 Å². The van der Waals surface area contributed by atoms with E-state index in [1.165, 1.54) is 0 Å². The van der Waals surface area contributed by atoms with E-state index in [0.29, 0.717) is 12.5 Å². The van der Waals surface area contributed by atoms with E-state index in [1.807, 2.05) is 37.4 Å². The molecule has 0 aliphatic carbocycles. The first kappa shape index (κ1) is 16.3. The number of anilines is 1. The minimum absolute atomic E-state index is 0.359. The molecule has 2 heterocycles. The van der Waals surface area contributed by atoms with Crippen molar-refractivity contribution in [1.82, 2.24) is 14.5 Å². The Morgan fingerprint density at radius 1 is 1.21 bits per heavy atom. The number of imidazole rings is 1. The predicted octanol–water partition coefficient (Wildman–Crippen LogP) is 3.91. The van der Waals surface area contributed by atoms with E-state index in [-0.39, 0.29) is 0 Å². The maximum Gasteiger partial charge on any atom is 0.160 e. The molecular formula is C19H24N4O. The molecule has 3 aromatic rings. The van der Waals surface area contributed by atoms with Gasteiger partial charge in [0.05, 0.1) is 6.61 Å². The van der Waals surface area contributed by atoms with Crippen LogP contribution in [0, 0.1) is 6.92 Å². The predicted molar refractivity (Wildman–Crippen MR) is 97.3 cm³/mol. The highest BCUT2D eigenvalue weighted by atomic mass is 16.5. The van der Waals surface area contributed by atoms with Gasteiger partial charge in [-0.2, -0.15) is 0 Å². The minimum Gasteiger partial charge on any atom is -0.494 e. The van der Waals surface area contributed by atoms with Crippen LogP contribution in [0.15, 0.2) is 36.5 Å². The second kappa shape index (κ2) is 6.91. The first-order valence-corrected chi connectivity index (χ1v) is 8.35.